The average molecular weight is 298 g/mol. The predicted molar refractivity (Wildman–Crippen MR) is 88.4 cm³/mol. The Morgan fingerprint density at radius 2 is 1.27 bits per heavy atom. The summed E-state index contributed by atoms with van der Waals surface area (Å²) in [5.74, 6) is 9.55. The summed E-state index contributed by atoms with van der Waals surface area (Å²) in [5.41, 5.74) is 0. The zero-order valence-electron chi connectivity index (χ0n) is 12.8. The third-order valence-corrected chi connectivity index (χ3v) is 3.12. The Morgan fingerprint density at radius 1 is 0.864 bits per heavy atom. The second kappa shape index (κ2) is 12.4. The fraction of sp³-hybridized carbons (Fsp3) is 0.500. The number of aliphatic carboxylic acids is 1. The Labute approximate surface area is 133 Å². The lowest BCUT2D eigenvalue weighted by Gasteiger charge is -2.36. The lowest BCUT2D eigenvalue weighted by molar-refractivity contribution is -0.137. The number of hydrogen-bond acceptors (Lipinski definition) is 3. The van der Waals surface area contributed by atoms with Gasteiger partial charge in [0.05, 0.1) is 32.3 Å². The maximum atomic E-state index is 10.6. The zero-order chi connectivity index (χ0) is 16.8. The number of carbonyl (C=O) groups is 1. The summed E-state index contributed by atoms with van der Waals surface area (Å²) in [6.45, 7) is 1.55. The first-order chi connectivity index (χ1) is 10.6. The number of rotatable bonds is 11. The van der Waals surface area contributed by atoms with Crippen LogP contribution in [0.5, 0.6) is 0 Å². The quantitative estimate of drug-likeness (QED) is 0.352. The molecule has 0 saturated heterocycles. The minimum absolute atomic E-state index is 0.0898. The highest BCUT2D eigenvalue weighted by Gasteiger charge is 2.23. The Kier molecular flexibility index (Phi) is 11.0. The SMILES string of the molecule is C#CCN(CC#C)C(CCCCC(=O)O)N(CC#C)CC#C. The second-order valence-electron chi connectivity index (χ2n) is 4.75. The highest BCUT2D eigenvalue weighted by molar-refractivity contribution is 5.66. The van der Waals surface area contributed by atoms with E-state index in [-0.39, 0.29) is 12.6 Å². The topological polar surface area (TPSA) is 43.8 Å². The Balaban J connectivity index is 4.97. The monoisotopic (exact) mass is 298 g/mol. The molecule has 0 heterocycles. The molecule has 0 spiro atoms. The van der Waals surface area contributed by atoms with Gasteiger partial charge in [-0.3, -0.25) is 14.6 Å². The van der Waals surface area contributed by atoms with E-state index in [0.29, 0.717) is 39.0 Å². The molecule has 0 amide bonds. The van der Waals surface area contributed by atoms with Gasteiger partial charge in [0.2, 0.25) is 0 Å². The molecule has 22 heavy (non-hydrogen) atoms. The van der Waals surface area contributed by atoms with Crippen LogP contribution in [0.3, 0.4) is 0 Å². The van der Waals surface area contributed by atoms with E-state index >= 15 is 0 Å². The van der Waals surface area contributed by atoms with E-state index in [9.17, 15) is 4.79 Å². The Bertz CT molecular complexity index is 431. The number of nitrogens with zero attached hydrogens (tertiary/aromatic N) is 2. The maximum absolute atomic E-state index is 10.6. The summed E-state index contributed by atoms with van der Waals surface area (Å²) in [4.78, 5) is 14.5. The largest absolute Gasteiger partial charge is 0.481 e. The van der Waals surface area contributed by atoms with Crippen molar-refractivity contribution in [3.63, 3.8) is 0 Å². The minimum Gasteiger partial charge on any atom is -0.481 e. The number of carboxylic acid groups (broad SMARTS) is 1. The van der Waals surface area contributed by atoms with E-state index < -0.39 is 5.97 Å². The maximum Gasteiger partial charge on any atom is 0.303 e. The smallest absolute Gasteiger partial charge is 0.303 e. The van der Waals surface area contributed by atoms with Crippen LogP contribution in [0, 0.1) is 49.4 Å². The highest BCUT2D eigenvalue weighted by Crippen LogP contribution is 2.14. The van der Waals surface area contributed by atoms with Gasteiger partial charge in [-0.2, -0.15) is 0 Å². The Morgan fingerprint density at radius 3 is 1.59 bits per heavy atom. The second-order valence-corrected chi connectivity index (χ2v) is 4.75. The van der Waals surface area contributed by atoms with Gasteiger partial charge in [-0.25, -0.2) is 0 Å². The highest BCUT2D eigenvalue weighted by atomic mass is 16.4. The van der Waals surface area contributed by atoms with Gasteiger partial charge < -0.3 is 5.11 Å². The van der Waals surface area contributed by atoms with E-state index in [1.807, 2.05) is 9.80 Å². The van der Waals surface area contributed by atoms with Crippen molar-refractivity contribution in [3.05, 3.63) is 0 Å². The lowest BCUT2D eigenvalue weighted by Crippen LogP contribution is -2.49. The zero-order valence-corrected chi connectivity index (χ0v) is 12.8. The van der Waals surface area contributed by atoms with Crippen molar-refractivity contribution in [2.45, 2.75) is 31.8 Å². The molecule has 0 saturated carbocycles. The van der Waals surface area contributed by atoms with Crippen LogP contribution >= 0.6 is 0 Å². The predicted octanol–water partition coefficient (Wildman–Crippen LogP) is 1.09. The normalized spacial score (nSPS) is 9.95. The first-order valence-electron chi connectivity index (χ1n) is 7.04. The number of unbranched alkanes of at least 4 members (excludes halogenated alkanes) is 1. The molecule has 0 aliphatic heterocycles. The van der Waals surface area contributed by atoms with Gasteiger partial charge in [-0.15, -0.1) is 25.7 Å². The van der Waals surface area contributed by atoms with Crippen molar-refractivity contribution in [1.29, 1.82) is 0 Å². The fourth-order valence-corrected chi connectivity index (χ4v) is 2.20. The van der Waals surface area contributed by atoms with Crippen molar-refractivity contribution in [1.82, 2.24) is 9.80 Å². The molecule has 1 N–H and O–H groups in total. The molecule has 0 aromatic carbocycles. The van der Waals surface area contributed by atoms with Gasteiger partial charge in [0, 0.05) is 6.42 Å². The van der Waals surface area contributed by atoms with E-state index in [1.165, 1.54) is 0 Å². The molecule has 0 rings (SSSR count). The summed E-state index contributed by atoms with van der Waals surface area (Å²) in [6, 6.07) is 0. The summed E-state index contributed by atoms with van der Waals surface area (Å²) < 4.78 is 0. The molecule has 0 aliphatic carbocycles. The molecule has 0 aromatic rings. The molecule has 0 radical (unpaired) electrons. The van der Waals surface area contributed by atoms with Crippen LogP contribution in [0.4, 0.5) is 0 Å². The molecular weight excluding hydrogens is 276 g/mol. The fourth-order valence-electron chi connectivity index (χ4n) is 2.20. The van der Waals surface area contributed by atoms with Crippen LogP contribution in [0.25, 0.3) is 0 Å². The standard InChI is InChI=1S/C18H22N2O2/c1-5-13-19(14-6-2)17(11-9-10-12-18(21)22)20(15-7-3)16-8-4/h1-4,17H,9-16H2,(H,21,22). The molecule has 0 bridgehead atoms. The van der Waals surface area contributed by atoms with Gasteiger partial charge in [0.15, 0.2) is 0 Å². The van der Waals surface area contributed by atoms with Gasteiger partial charge in [0.25, 0.3) is 0 Å². The van der Waals surface area contributed by atoms with Crippen molar-refractivity contribution >= 4 is 5.97 Å². The van der Waals surface area contributed by atoms with E-state index in [0.717, 1.165) is 6.42 Å². The summed E-state index contributed by atoms with van der Waals surface area (Å²) >= 11 is 0. The molecule has 0 aromatic heterocycles. The van der Waals surface area contributed by atoms with Crippen LogP contribution in [-0.4, -0.2) is 53.2 Å². The molecule has 116 valence electrons. The molecule has 0 aliphatic rings. The first kappa shape index (κ1) is 19.6. The van der Waals surface area contributed by atoms with Crippen molar-refractivity contribution in [2.24, 2.45) is 0 Å². The summed E-state index contributed by atoms with van der Waals surface area (Å²) in [6.07, 6.45) is 23.7. The van der Waals surface area contributed by atoms with Crippen molar-refractivity contribution in [2.75, 3.05) is 26.2 Å². The van der Waals surface area contributed by atoms with Crippen LogP contribution in [0.2, 0.25) is 0 Å². The van der Waals surface area contributed by atoms with Gasteiger partial charge in [-0.1, -0.05) is 23.7 Å². The molecule has 0 fully saturated rings. The average Bonchev–Trinajstić information content (AvgIpc) is 2.47. The van der Waals surface area contributed by atoms with Crippen LogP contribution in [0.1, 0.15) is 25.7 Å². The summed E-state index contributed by atoms with van der Waals surface area (Å²) in [7, 11) is 0. The van der Waals surface area contributed by atoms with Crippen LogP contribution in [0.15, 0.2) is 0 Å². The summed E-state index contributed by atoms with van der Waals surface area (Å²) in [5, 5.41) is 8.71. The van der Waals surface area contributed by atoms with E-state index in [2.05, 4.69) is 23.7 Å². The lowest BCUT2D eigenvalue weighted by atomic mass is 10.1. The number of hydrogen-bond donors (Lipinski definition) is 1. The number of terminal acetylenes is 4. The van der Waals surface area contributed by atoms with Crippen LogP contribution in [-0.2, 0) is 4.79 Å². The first-order valence-corrected chi connectivity index (χ1v) is 7.04. The van der Waals surface area contributed by atoms with Gasteiger partial charge >= 0.3 is 5.97 Å². The molecule has 0 unspecified atom stereocenters. The van der Waals surface area contributed by atoms with Crippen LogP contribution < -0.4 is 0 Å². The molecule has 4 nitrogen and oxygen atoms in total. The van der Waals surface area contributed by atoms with Gasteiger partial charge in [-0.05, 0) is 19.3 Å². The van der Waals surface area contributed by atoms with Crippen molar-refractivity contribution in [3.8, 4) is 49.4 Å². The third-order valence-electron chi connectivity index (χ3n) is 3.12. The third kappa shape index (κ3) is 8.04. The van der Waals surface area contributed by atoms with E-state index in [1.54, 1.807) is 0 Å². The van der Waals surface area contributed by atoms with E-state index in [4.69, 9.17) is 30.8 Å². The molecule has 0 atom stereocenters. The minimum atomic E-state index is -0.801. The van der Waals surface area contributed by atoms with Crippen molar-refractivity contribution < 1.29 is 9.90 Å². The molecule has 4 heteroatoms. The number of carboxylic acids is 1. The van der Waals surface area contributed by atoms with Gasteiger partial charge in [0.1, 0.15) is 0 Å². The molecular formula is C18H22N2O2. The Hall–Kier alpha value is -2.37.